The van der Waals surface area contributed by atoms with Gasteiger partial charge in [-0.15, -0.1) is 6.58 Å². The Hall–Kier alpha value is -0.870. The molecule has 0 aliphatic rings. The predicted molar refractivity (Wildman–Crippen MR) is 66.1 cm³/mol. The monoisotopic (exact) mass is 228 g/mol. The van der Waals surface area contributed by atoms with Gasteiger partial charge >= 0.3 is 0 Å². The van der Waals surface area contributed by atoms with E-state index in [1.165, 1.54) is 0 Å². The SMILES string of the molecule is C=CCC(N)C(=O)NCCCOCC(C)C. The fourth-order valence-electron chi connectivity index (χ4n) is 1.12. The average Bonchev–Trinajstić information content (AvgIpc) is 2.22. The van der Waals surface area contributed by atoms with Crippen molar-refractivity contribution < 1.29 is 9.53 Å². The van der Waals surface area contributed by atoms with Crippen molar-refractivity contribution in [3.05, 3.63) is 12.7 Å². The molecule has 0 aliphatic heterocycles. The van der Waals surface area contributed by atoms with Crippen molar-refractivity contribution in [3.63, 3.8) is 0 Å². The molecule has 0 aromatic heterocycles. The molecule has 1 atom stereocenters. The van der Waals surface area contributed by atoms with Crippen molar-refractivity contribution >= 4 is 5.91 Å². The molecule has 0 fully saturated rings. The summed E-state index contributed by atoms with van der Waals surface area (Å²) in [5, 5.41) is 2.76. The Balaban J connectivity index is 3.37. The maximum Gasteiger partial charge on any atom is 0.237 e. The van der Waals surface area contributed by atoms with Gasteiger partial charge in [0.2, 0.25) is 5.91 Å². The first-order chi connectivity index (χ1) is 7.57. The van der Waals surface area contributed by atoms with Crippen LogP contribution in [0.3, 0.4) is 0 Å². The Bertz CT molecular complexity index is 205. The zero-order chi connectivity index (χ0) is 12.4. The van der Waals surface area contributed by atoms with Crippen LogP contribution < -0.4 is 11.1 Å². The van der Waals surface area contributed by atoms with Crippen LogP contribution in [0.15, 0.2) is 12.7 Å². The third-order valence-corrected chi connectivity index (χ3v) is 1.97. The topological polar surface area (TPSA) is 64.4 Å². The van der Waals surface area contributed by atoms with Crippen LogP contribution in [0.4, 0.5) is 0 Å². The summed E-state index contributed by atoms with van der Waals surface area (Å²) in [5.41, 5.74) is 5.59. The van der Waals surface area contributed by atoms with Gasteiger partial charge < -0.3 is 15.8 Å². The molecule has 0 aliphatic carbocycles. The van der Waals surface area contributed by atoms with Crippen molar-refractivity contribution in [1.82, 2.24) is 5.32 Å². The highest BCUT2D eigenvalue weighted by Crippen LogP contribution is 1.93. The molecule has 4 heteroatoms. The summed E-state index contributed by atoms with van der Waals surface area (Å²) in [6.45, 7) is 9.81. The van der Waals surface area contributed by atoms with Gasteiger partial charge in [0.15, 0.2) is 0 Å². The van der Waals surface area contributed by atoms with Gasteiger partial charge in [0, 0.05) is 19.8 Å². The lowest BCUT2D eigenvalue weighted by molar-refractivity contribution is -0.122. The summed E-state index contributed by atoms with van der Waals surface area (Å²) in [5.74, 6) is 0.430. The van der Waals surface area contributed by atoms with Crippen molar-refractivity contribution in [2.45, 2.75) is 32.7 Å². The van der Waals surface area contributed by atoms with E-state index in [9.17, 15) is 4.79 Å². The molecule has 0 aromatic carbocycles. The number of hydrogen-bond donors (Lipinski definition) is 2. The van der Waals surface area contributed by atoms with Gasteiger partial charge in [0.1, 0.15) is 0 Å². The van der Waals surface area contributed by atoms with Gasteiger partial charge in [-0.25, -0.2) is 0 Å². The minimum Gasteiger partial charge on any atom is -0.381 e. The molecule has 0 spiro atoms. The second-order valence-corrected chi connectivity index (χ2v) is 4.24. The zero-order valence-corrected chi connectivity index (χ0v) is 10.4. The second kappa shape index (κ2) is 9.36. The molecule has 0 heterocycles. The van der Waals surface area contributed by atoms with E-state index in [-0.39, 0.29) is 5.91 Å². The van der Waals surface area contributed by atoms with E-state index in [1.807, 2.05) is 0 Å². The van der Waals surface area contributed by atoms with E-state index in [1.54, 1.807) is 6.08 Å². The first kappa shape index (κ1) is 15.1. The van der Waals surface area contributed by atoms with Crippen LogP contribution in [0, 0.1) is 5.92 Å². The van der Waals surface area contributed by atoms with E-state index >= 15 is 0 Å². The summed E-state index contributed by atoms with van der Waals surface area (Å²) < 4.78 is 5.39. The van der Waals surface area contributed by atoms with Crippen LogP contribution in [0.25, 0.3) is 0 Å². The maximum atomic E-state index is 11.3. The number of nitrogens with two attached hydrogens (primary N) is 1. The predicted octanol–water partition coefficient (Wildman–Crippen LogP) is 1.07. The van der Waals surface area contributed by atoms with Gasteiger partial charge in [-0.3, -0.25) is 4.79 Å². The molecule has 0 radical (unpaired) electrons. The molecule has 3 N–H and O–H groups in total. The molecule has 0 bridgehead atoms. The van der Waals surface area contributed by atoms with Gasteiger partial charge in [-0.2, -0.15) is 0 Å². The first-order valence-electron chi connectivity index (χ1n) is 5.79. The van der Waals surface area contributed by atoms with Gasteiger partial charge in [-0.05, 0) is 18.8 Å². The number of hydrogen-bond acceptors (Lipinski definition) is 3. The molecule has 1 amide bonds. The summed E-state index contributed by atoms with van der Waals surface area (Å²) in [4.78, 5) is 11.3. The van der Waals surface area contributed by atoms with E-state index in [2.05, 4.69) is 25.7 Å². The largest absolute Gasteiger partial charge is 0.381 e. The highest BCUT2D eigenvalue weighted by Gasteiger charge is 2.09. The van der Waals surface area contributed by atoms with Crippen LogP contribution in [-0.4, -0.2) is 31.7 Å². The molecule has 16 heavy (non-hydrogen) atoms. The van der Waals surface area contributed by atoms with Crippen molar-refractivity contribution in [1.29, 1.82) is 0 Å². The van der Waals surface area contributed by atoms with Crippen molar-refractivity contribution in [3.8, 4) is 0 Å². The van der Waals surface area contributed by atoms with Crippen molar-refractivity contribution in [2.75, 3.05) is 19.8 Å². The Morgan fingerprint density at radius 1 is 1.56 bits per heavy atom. The fraction of sp³-hybridized carbons (Fsp3) is 0.750. The fourth-order valence-corrected chi connectivity index (χ4v) is 1.12. The van der Waals surface area contributed by atoms with E-state index in [0.29, 0.717) is 25.5 Å². The van der Waals surface area contributed by atoms with Crippen LogP contribution in [0.1, 0.15) is 26.7 Å². The Morgan fingerprint density at radius 2 is 2.25 bits per heavy atom. The minimum absolute atomic E-state index is 0.122. The van der Waals surface area contributed by atoms with Crippen LogP contribution in [0.2, 0.25) is 0 Å². The lowest BCUT2D eigenvalue weighted by Gasteiger charge is -2.10. The minimum atomic E-state index is -0.478. The molecule has 94 valence electrons. The van der Waals surface area contributed by atoms with Crippen LogP contribution in [-0.2, 0) is 9.53 Å². The lowest BCUT2D eigenvalue weighted by Crippen LogP contribution is -2.40. The Kier molecular flexibility index (Phi) is 8.85. The van der Waals surface area contributed by atoms with Gasteiger partial charge in [0.05, 0.1) is 6.04 Å². The standard InChI is InChI=1S/C12H24N2O2/c1-4-6-11(13)12(15)14-7-5-8-16-9-10(2)3/h4,10-11H,1,5-9,13H2,2-3H3,(H,14,15). The quantitative estimate of drug-likeness (QED) is 0.458. The number of nitrogens with one attached hydrogen (secondary N) is 1. The number of carbonyl (C=O) groups is 1. The van der Waals surface area contributed by atoms with Gasteiger partial charge in [0.25, 0.3) is 0 Å². The maximum absolute atomic E-state index is 11.3. The third-order valence-electron chi connectivity index (χ3n) is 1.97. The second-order valence-electron chi connectivity index (χ2n) is 4.24. The molecular weight excluding hydrogens is 204 g/mol. The average molecular weight is 228 g/mol. The summed E-state index contributed by atoms with van der Waals surface area (Å²) in [7, 11) is 0. The number of amides is 1. The summed E-state index contributed by atoms with van der Waals surface area (Å²) in [6.07, 6.45) is 2.98. The number of ether oxygens (including phenoxy) is 1. The van der Waals surface area contributed by atoms with E-state index < -0.39 is 6.04 Å². The van der Waals surface area contributed by atoms with Crippen LogP contribution in [0.5, 0.6) is 0 Å². The normalized spacial score (nSPS) is 12.5. The first-order valence-corrected chi connectivity index (χ1v) is 5.79. The third kappa shape index (κ3) is 8.44. The van der Waals surface area contributed by atoms with Crippen LogP contribution >= 0.6 is 0 Å². The molecule has 0 saturated carbocycles. The van der Waals surface area contributed by atoms with E-state index in [4.69, 9.17) is 10.5 Å². The Morgan fingerprint density at radius 3 is 2.81 bits per heavy atom. The molecular formula is C12H24N2O2. The van der Waals surface area contributed by atoms with Gasteiger partial charge in [-0.1, -0.05) is 19.9 Å². The van der Waals surface area contributed by atoms with Crippen molar-refractivity contribution in [2.24, 2.45) is 11.7 Å². The van der Waals surface area contributed by atoms with E-state index in [0.717, 1.165) is 13.0 Å². The lowest BCUT2D eigenvalue weighted by atomic mass is 10.2. The number of carbonyl (C=O) groups excluding carboxylic acids is 1. The summed E-state index contributed by atoms with van der Waals surface area (Å²) in [6, 6.07) is -0.478. The molecule has 0 saturated heterocycles. The molecule has 0 rings (SSSR count). The highest BCUT2D eigenvalue weighted by molar-refractivity contribution is 5.81. The highest BCUT2D eigenvalue weighted by atomic mass is 16.5. The Labute approximate surface area is 98.2 Å². The molecule has 0 aromatic rings. The zero-order valence-electron chi connectivity index (χ0n) is 10.4. The smallest absolute Gasteiger partial charge is 0.237 e. The molecule has 4 nitrogen and oxygen atoms in total. The summed E-state index contributed by atoms with van der Waals surface area (Å²) >= 11 is 0. The number of rotatable bonds is 9. The molecule has 1 unspecified atom stereocenters.